The summed E-state index contributed by atoms with van der Waals surface area (Å²) in [4.78, 5) is 25.0. The van der Waals surface area contributed by atoms with Gasteiger partial charge >= 0.3 is 0 Å². The summed E-state index contributed by atoms with van der Waals surface area (Å²) >= 11 is 0. The molecule has 1 atom stereocenters. The fourth-order valence-electron chi connectivity index (χ4n) is 2.90. The van der Waals surface area contributed by atoms with Crippen molar-refractivity contribution in [2.24, 2.45) is 0 Å². The van der Waals surface area contributed by atoms with Crippen LogP contribution in [0.4, 0.5) is 10.1 Å². The zero-order valence-electron chi connectivity index (χ0n) is 14.1. The maximum Gasteiger partial charge on any atom is 0.282 e. The first kappa shape index (κ1) is 17.8. The Bertz CT molecular complexity index is 842. The summed E-state index contributed by atoms with van der Waals surface area (Å²) in [6, 6.07) is 10.2. The van der Waals surface area contributed by atoms with Crippen LogP contribution in [0.25, 0.3) is 0 Å². The fourth-order valence-corrected chi connectivity index (χ4v) is 2.90. The Labute approximate surface area is 149 Å². The van der Waals surface area contributed by atoms with Crippen LogP contribution >= 0.6 is 0 Å². The molecular weight excluding hydrogens is 343 g/mol. The minimum Gasteiger partial charge on any atom is -0.497 e. The third kappa shape index (κ3) is 3.50. The first-order valence-electron chi connectivity index (χ1n) is 7.99. The molecule has 7 nitrogen and oxygen atoms in total. The van der Waals surface area contributed by atoms with Gasteiger partial charge in [0.25, 0.3) is 11.6 Å². The van der Waals surface area contributed by atoms with Crippen LogP contribution in [0.5, 0.6) is 5.75 Å². The topological polar surface area (TPSA) is 81.9 Å². The Balaban J connectivity index is 1.88. The quantitative estimate of drug-likeness (QED) is 0.618. The van der Waals surface area contributed by atoms with Crippen LogP contribution in [-0.2, 0) is 4.74 Å². The van der Waals surface area contributed by atoms with Gasteiger partial charge in [0.1, 0.15) is 23.2 Å². The first-order chi connectivity index (χ1) is 12.5. The van der Waals surface area contributed by atoms with E-state index in [1.165, 1.54) is 36.3 Å². The second-order valence-corrected chi connectivity index (χ2v) is 5.77. The number of carbonyl (C=O) groups is 1. The molecule has 0 aromatic heterocycles. The highest BCUT2D eigenvalue weighted by atomic mass is 19.1. The number of morpholine rings is 1. The van der Waals surface area contributed by atoms with E-state index < -0.39 is 22.8 Å². The molecular formula is C18H17FN2O5. The van der Waals surface area contributed by atoms with E-state index in [2.05, 4.69) is 0 Å². The van der Waals surface area contributed by atoms with Crippen molar-refractivity contribution < 1.29 is 23.6 Å². The van der Waals surface area contributed by atoms with Crippen LogP contribution in [0.1, 0.15) is 22.0 Å². The summed E-state index contributed by atoms with van der Waals surface area (Å²) in [6.45, 7) is 0.578. The first-order valence-corrected chi connectivity index (χ1v) is 7.99. The van der Waals surface area contributed by atoms with Crippen LogP contribution in [-0.4, -0.2) is 42.5 Å². The number of nitrogens with zero attached hydrogens (tertiary/aromatic N) is 2. The highest BCUT2D eigenvalue weighted by molar-refractivity contribution is 5.98. The predicted octanol–water partition coefficient (Wildman–Crippen LogP) is 2.96. The Kier molecular flexibility index (Phi) is 5.13. The largest absolute Gasteiger partial charge is 0.497 e. The number of rotatable bonds is 4. The lowest BCUT2D eigenvalue weighted by molar-refractivity contribution is -0.385. The highest BCUT2D eigenvalue weighted by Crippen LogP contribution is 2.29. The third-order valence-corrected chi connectivity index (χ3v) is 4.24. The molecule has 0 radical (unpaired) electrons. The van der Waals surface area contributed by atoms with Crippen LogP contribution in [0.2, 0.25) is 0 Å². The lowest BCUT2D eigenvalue weighted by Crippen LogP contribution is -2.42. The maximum atomic E-state index is 14.0. The molecule has 1 fully saturated rings. The van der Waals surface area contributed by atoms with Gasteiger partial charge in [-0.15, -0.1) is 0 Å². The van der Waals surface area contributed by atoms with Crippen molar-refractivity contribution in [2.45, 2.75) is 6.10 Å². The number of hydrogen-bond acceptors (Lipinski definition) is 5. The number of carbonyl (C=O) groups excluding carboxylic acids is 1. The Hall–Kier alpha value is -3.00. The van der Waals surface area contributed by atoms with Crippen molar-refractivity contribution in [1.82, 2.24) is 4.90 Å². The van der Waals surface area contributed by atoms with Crippen molar-refractivity contribution in [3.05, 3.63) is 69.5 Å². The standard InChI is InChI=1S/C18H17FN2O5/c1-25-12-6-7-16(21(23)24)14(10-12)18(22)20-8-9-26-17(11-20)13-4-2-3-5-15(13)19/h2-7,10,17H,8-9,11H2,1H3. The lowest BCUT2D eigenvalue weighted by atomic mass is 10.1. The molecule has 3 rings (SSSR count). The predicted molar refractivity (Wildman–Crippen MR) is 90.6 cm³/mol. The molecule has 2 aromatic carbocycles. The number of nitro groups is 1. The molecule has 0 spiro atoms. The number of methoxy groups -OCH3 is 1. The molecule has 0 aliphatic carbocycles. The number of amides is 1. The van der Waals surface area contributed by atoms with Gasteiger partial charge in [-0.3, -0.25) is 14.9 Å². The summed E-state index contributed by atoms with van der Waals surface area (Å²) < 4.78 is 24.7. The molecule has 0 saturated carbocycles. The van der Waals surface area contributed by atoms with Gasteiger partial charge in [-0.1, -0.05) is 18.2 Å². The molecule has 1 amide bonds. The molecule has 1 saturated heterocycles. The van der Waals surface area contributed by atoms with Gasteiger partial charge in [-0.2, -0.15) is 0 Å². The minimum absolute atomic E-state index is 0.0662. The van der Waals surface area contributed by atoms with E-state index in [9.17, 15) is 19.3 Å². The van der Waals surface area contributed by atoms with E-state index in [0.717, 1.165) is 0 Å². The van der Waals surface area contributed by atoms with E-state index in [1.807, 2.05) is 0 Å². The Morgan fingerprint density at radius 2 is 2.12 bits per heavy atom. The SMILES string of the molecule is COc1ccc([N+](=O)[O-])c(C(=O)N2CCOC(c3ccccc3F)C2)c1. The van der Waals surface area contributed by atoms with E-state index in [1.54, 1.807) is 18.2 Å². The summed E-state index contributed by atoms with van der Waals surface area (Å²) in [5.74, 6) is -0.586. The zero-order chi connectivity index (χ0) is 18.7. The van der Waals surface area contributed by atoms with E-state index >= 15 is 0 Å². The van der Waals surface area contributed by atoms with Crippen molar-refractivity contribution >= 4 is 11.6 Å². The summed E-state index contributed by atoms with van der Waals surface area (Å²) in [5, 5.41) is 11.3. The van der Waals surface area contributed by atoms with Gasteiger partial charge in [0.2, 0.25) is 0 Å². The molecule has 0 N–H and O–H groups in total. The minimum atomic E-state index is -0.626. The number of benzene rings is 2. The van der Waals surface area contributed by atoms with Gasteiger partial charge < -0.3 is 14.4 Å². The molecule has 1 heterocycles. The Morgan fingerprint density at radius 3 is 2.81 bits per heavy atom. The monoisotopic (exact) mass is 360 g/mol. The fraction of sp³-hybridized carbons (Fsp3) is 0.278. The molecule has 1 aliphatic heterocycles. The van der Waals surface area contributed by atoms with Gasteiger partial charge in [0.15, 0.2) is 0 Å². The number of nitro benzene ring substituents is 1. The summed E-state index contributed by atoms with van der Waals surface area (Å²) in [6.07, 6.45) is -0.626. The average molecular weight is 360 g/mol. The summed E-state index contributed by atoms with van der Waals surface area (Å²) in [5.41, 5.74) is -0.0154. The smallest absolute Gasteiger partial charge is 0.282 e. The van der Waals surface area contributed by atoms with Crippen molar-refractivity contribution in [3.8, 4) is 5.75 Å². The molecule has 8 heteroatoms. The van der Waals surface area contributed by atoms with Gasteiger partial charge in [-0.25, -0.2) is 4.39 Å². The van der Waals surface area contributed by atoms with Crippen LogP contribution in [0, 0.1) is 15.9 Å². The molecule has 2 aromatic rings. The van der Waals surface area contributed by atoms with Gasteiger partial charge in [0, 0.05) is 18.2 Å². The normalized spacial score (nSPS) is 17.0. The lowest BCUT2D eigenvalue weighted by Gasteiger charge is -2.33. The third-order valence-electron chi connectivity index (χ3n) is 4.24. The number of halogens is 1. The van der Waals surface area contributed by atoms with Crippen molar-refractivity contribution in [3.63, 3.8) is 0 Å². The van der Waals surface area contributed by atoms with Gasteiger partial charge in [-0.05, 0) is 18.2 Å². The van der Waals surface area contributed by atoms with Crippen molar-refractivity contribution in [2.75, 3.05) is 26.8 Å². The Morgan fingerprint density at radius 1 is 1.35 bits per heavy atom. The summed E-state index contributed by atoms with van der Waals surface area (Å²) in [7, 11) is 1.42. The van der Waals surface area contributed by atoms with Crippen LogP contribution in [0.15, 0.2) is 42.5 Å². The maximum absolute atomic E-state index is 14.0. The molecule has 1 aliphatic rings. The van der Waals surface area contributed by atoms with E-state index in [0.29, 0.717) is 11.3 Å². The van der Waals surface area contributed by atoms with E-state index in [4.69, 9.17) is 9.47 Å². The average Bonchev–Trinajstić information content (AvgIpc) is 2.67. The molecule has 0 bridgehead atoms. The zero-order valence-corrected chi connectivity index (χ0v) is 14.1. The van der Waals surface area contributed by atoms with Crippen molar-refractivity contribution in [1.29, 1.82) is 0 Å². The second kappa shape index (κ2) is 7.49. The number of ether oxygens (including phenoxy) is 2. The molecule has 26 heavy (non-hydrogen) atoms. The van der Waals surface area contributed by atoms with Gasteiger partial charge in [0.05, 0.1) is 25.2 Å². The molecule has 136 valence electrons. The highest BCUT2D eigenvalue weighted by Gasteiger charge is 2.31. The second-order valence-electron chi connectivity index (χ2n) is 5.77. The van der Waals surface area contributed by atoms with Crippen LogP contribution in [0.3, 0.4) is 0 Å². The van der Waals surface area contributed by atoms with Crippen LogP contribution < -0.4 is 4.74 Å². The molecule has 1 unspecified atom stereocenters. The number of hydrogen-bond donors (Lipinski definition) is 0. The van der Waals surface area contributed by atoms with E-state index in [-0.39, 0.29) is 30.9 Å².